The topological polar surface area (TPSA) is 70.3 Å². The molecule has 0 bridgehead atoms. The number of rotatable bonds is 3. The standard InChI is InChI=1S/C11H8BrCl2N3O2/c1-18-9-10(15)16-4-17-11(9)19-8-3-6(13)5(12)2-7(8)14/h2-4H,1H3,(H2,15,16,17). The second kappa shape index (κ2) is 5.81. The number of anilines is 1. The largest absolute Gasteiger partial charge is 0.489 e. The van der Waals surface area contributed by atoms with Gasteiger partial charge in [-0.15, -0.1) is 0 Å². The summed E-state index contributed by atoms with van der Waals surface area (Å²) in [5, 5.41) is 0.830. The lowest BCUT2D eigenvalue weighted by atomic mass is 10.3. The molecule has 0 aliphatic carbocycles. The molecular weight excluding hydrogens is 357 g/mol. The zero-order chi connectivity index (χ0) is 14.0. The Morgan fingerprint density at radius 2 is 1.95 bits per heavy atom. The van der Waals surface area contributed by atoms with Crippen LogP contribution in [0.15, 0.2) is 22.9 Å². The highest BCUT2D eigenvalue weighted by Gasteiger charge is 2.14. The van der Waals surface area contributed by atoms with Gasteiger partial charge in [-0.05, 0) is 22.0 Å². The molecule has 0 atom stereocenters. The number of nitrogens with zero attached hydrogens (tertiary/aromatic N) is 2. The van der Waals surface area contributed by atoms with Crippen molar-refractivity contribution in [2.24, 2.45) is 0 Å². The molecule has 0 aliphatic rings. The Hall–Kier alpha value is -1.24. The summed E-state index contributed by atoms with van der Waals surface area (Å²) in [6.45, 7) is 0. The maximum Gasteiger partial charge on any atom is 0.268 e. The van der Waals surface area contributed by atoms with E-state index in [1.165, 1.54) is 13.4 Å². The van der Waals surface area contributed by atoms with Crippen molar-refractivity contribution < 1.29 is 9.47 Å². The lowest BCUT2D eigenvalue weighted by Gasteiger charge is -2.11. The number of nitrogen functional groups attached to an aromatic ring is 1. The average molecular weight is 365 g/mol. The Morgan fingerprint density at radius 3 is 2.63 bits per heavy atom. The molecule has 100 valence electrons. The van der Waals surface area contributed by atoms with E-state index < -0.39 is 0 Å². The van der Waals surface area contributed by atoms with Crippen molar-refractivity contribution in [3.05, 3.63) is 33.0 Å². The SMILES string of the molecule is COc1c(N)ncnc1Oc1cc(Cl)c(Br)cc1Cl. The minimum absolute atomic E-state index is 0.162. The molecule has 2 rings (SSSR count). The molecule has 1 aromatic carbocycles. The third-order valence-corrected chi connectivity index (χ3v) is 3.68. The van der Waals surface area contributed by atoms with Crippen LogP contribution in [0, 0.1) is 0 Å². The van der Waals surface area contributed by atoms with Gasteiger partial charge in [0.05, 0.1) is 17.2 Å². The quantitative estimate of drug-likeness (QED) is 0.835. The van der Waals surface area contributed by atoms with Crippen LogP contribution in [0.2, 0.25) is 10.0 Å². The van der Waals surface area contributed by atoms with E-state index in [0.29, 0.717) is 20.3 Å². The van der Waals surface area contributed by atoms with Crippen LogP contribution in [0.4, 0.5) is 5.82 Å². The van der Waals surface area contributed by atoms with Gasteiger partial charge in [-0.25, -0.2) is 4.98 Å². The van der Waals surface area contributed by atoms with E-state index in [4.69, 9.17) is 38.4 Å². The molecule has 8 heteroatoms. The predicted molar refractivity (Wildman–Crippen MR) is 77.2 cm³/mol. The second-order valence-corrected chi connectivity index (χ2v) is 5.06. The number of nitrogens with two attached hydrogens (primary N) is 1. The van der Waals surface area contributed by atoms with Crippen LogP contribution in [-0.4, -0.2) is 17.1 Å². The molecule has 0 spiro atoms. The first kappa shape index (κ1) is 14.2. The van der Waals surface area contributed by atoms with Gasteiger partial charge in [0.2, 0.25) is 5.75 Å². The number of aromatic nitrogens is 2. The molecule has 0 saturated carbocycles. The van der Waals surface area contributed by atoms with Crippen molar-refractivity contribution in [1.82, 2.24) is 9.97 Å². The fourth-order valence-corrected chi connectivity index (χ4v) is 2.15. The Morgan fingerprint density at radius 1 is 1.21 bits per heavy atom. The van der Waals surface area contributed by atoms with E-state index in [2.05, 4.69) is 25.9 Å². The summed E-state index contributed by atoms with van der Waals surface area (Å²) in [7, 11) is 1.44. The van der Waals surface area contributed by atoms with E-state index in [1.807, 2.05) is 0 Å². The number of methoxy groups -OCH3 is 1. The predicted octanol–water partition coefficient (Wildman–Crippen LogP) is 3.93. The summed E-state index contributed by atoms with van der Waals surface area (Å²) in [5.74, 6) is 0.908. The zero-order valence-electron chi connectivity index (χ0n) is 9.65. The van der Waals surface area contributed by atoms with Crippen molar-refractivity contribution >= 4 is 44.9 Å². The lowest BCUT2D eigenvalue weighted by Crippen LogP contribution is -2.00. The molecule has 19 heavy (non-hydrogen) atoms. The Kier molecular flexibility index (Phi) is 4.34. The molecule has 5 nitrogen and oxygen atoms in total. The van der Waals surface area contributed by atoms with Crippen LogP contribution in [0.1, 0.15) is 0 Å². The highest BCUT2D eigenvalue weighted by molar-refractivity contribution is 9.10. The highest BCUT2D eigenvalue weighted by atomic mass is 79.9. The summed E-state index contributed by atoms with van der Waals surface area (Å²) in [6.07, 6.45) is 1.27. The number of benzene rings is 1. The van der Waals surface area contributed by atoms with Gasteiger partial charge in [0, 0.05) is 10.5 Å². The summed E-state index contributed by atoms with van der Waals surface area (Å²) in [5.41, 5.74) is 5.65. The van der Waals surface area contributed by atoms with Gasteiger partial charge in [-0.1, -0.05) is 23.2 Å². The highest BCUT2D eigenvalue weighted by Crippen LogP contribution is 2.39. The molecular formula is C11H8BrCl2N3O2. The molecule has 1 aromatic heterocycles. The molecule has 1 heterocycles. The van der Waals surface area contributed by atoms with Crippen LogP contribution >= 0.6 is 39.1 Å². The van der Waals surface area contributed by atoms with Gasteiger partial charge in [0.1, 0.15) is 12.1 Å². The van der Waals surface area contributed by atoms with E-state index in [0.717, 1.165) is 0 Å². The van der Waals surface area contributed by atoms with Crippen LogP contribution in [0.25, 0.3) is 0 Å². The smallest absolute Gasteiger partial charge is 0.268 e. The van der Waals surface area contributed by atoms with Gasteiger partial charge in [-0.3, -0.25) is 0 Å². The maximum atomic E-state index is 6.06. The first-order valence-corrected chi connectivity index (χ1v) is 6.54. The van der Waals surface area contributed by atoms with Crippen LogP contribution in [0.5, 0.6) is 17.4 Å². The number of halogens is 3. The fourth-order valence-electron chi connectivity index (χ4n) is 1.32. The molecule has 0 radical (unpaired) electrons. The van der Waals surface area contributed by atoms with Gasteiger partial charge in [-0.2, -0.15) is 4.98 Å². The molecule has 0 unspecified atom stereocenters. The van der Waals surface area contributed by atoms with Gasteiger partial charge >= 0.3 is 0 Å². The average Bonchev–Trinajstić information content (AvgIpc) is 2.36. The van der Waals surface area contributed by atoms with E-state index in [9.17, 15) is 0 Å². The van der Waals surface area contributed by atoms with Gasteiger partial charge in [0.15, 0.2) is 5.82 Å². The molecule has 0 saturated heterocycles. The van der Waals surface area contributed by atoms with Crippen molar-refractivity contribution in [2.45, 2.75) is 0 Å². The van der Waals surface area contributed by atoms with Crippen molar-refractivity contribution in [1.29, 1.82) is 0 Å². The molecule has 0 amide bonds. The molecule has 0 aliphatic heterocycles. The monoisotopic (exact) mass is 363 g/mol. The maximum absolute atomic E-state index is 6.06. The third-order valence-electron chi connectivity index (χ3n) is 2.18. The fraction of sp³-hybridized carbons (Fsp3) is 0.0909. The van der Waals surface area contributed by atoms with Gasteiger partial charge < -0.3 is 15.2 Å². The van der Waals surface area contributed by atoms with E-state index >= 15 is 0 Å². The Labute approximate surface area is 127 Å². The van der Waals surface area contributed by atoms with E-state index in [1.54, 1.807) is 12.1 Å². The second-order valence-electron chi connectivity index (χ2n) is 3.40. The summed E-state index contributed by atoms with van der Waals surface area (Å²) in [6, 6.07) is 3.18. The van der Waals surface area contributed by atoms with Crippen LogP contribution in [-0.2, 0) is 0 Å². The number of ether oxygens (including phenoxy) is 2. The molecule has 2 aromatic rings. The first-order chi connectivity index (χ1) is 9.02. The normalized spacial score (nSPS) is 10.3. The Balaban J connectivity index is 2.42. The summed E-state index contributed by atoms with van der Waals surface area (Å²) >= 11 is 15.3. The van der Waals surface area contributed by atoms with Crippen molar-refractivity contribution in [3.8, 4) is 17.4 Å². The van der Waals surface area contributed by atoms with Crippen molar-refractivity contribution in [3.63, 3.8) is 0 Å². The van der Waals surface area contributed by atoms with Crippen molar-refractivity contribution in [2.75, 3.05) is 12.8 Å². The number of hydrogen-bond donors (Lipinski definition) is 1. The minimum Gasteiger partial charge on any atom is -0.489 e. The van der Waals surface area contributed by atoms with E-state index in [-0.39, 0.29) is 17.4 Å². The van der Waals surface area contributed by atoms with Crippen LogP contribution in [0.3, 0.4) is 0 Å². The number of hydrogen-bond acceptors (Lipinski definition) is 5. The molecule has 0 fully saturated rings. The Bertz CT molecular complexity index is 625. The van der Waals surface area contributed by atoms with Gasteiger partial charge in [0.25, 0.3) is 5.88 Å². The first-order valence-electron chi connectivity index (χ1n) is 4.99. The van der Waals surface area contributed by atoms with Crippen LogP contribution < -0.4 is 15.2 Å². The lowest BCUT2D eigenvalue weighted by molar-refractivity contribution is 0.369. The summed E-state index contributed by atoms with van der Waals surface area (Å²) < 4.78 is 11.3. The zero-order valence-corrected chi connectivity index (χ0v) is 12.8. The third kappa shape index (κ3) is 3.02. The summed E-state index contributed by atoms with van der Waals surface area (Å²) in [4.78, 5) is 7.75. The minimum atomic E-state index is 0.162. The molecule has 2 N–H and O–H groups in total.